The Hall–Kier alpha value is -0.970. The van der Waals surface area contributed by atoms with Crippen molar-refractivity contribution in [2.45, 2.75) is 25.8 Å². The highest BCUT2D eigenvalue weighted by Gasteiger charge is 2.12. The van der Waals surface area contributed by atoms with Gasteiger partial charge in [0, 0.05) is 6.04 Å². The third-order valence-electron chi connectivity index (χ3n) is 3.86. The predicted octanol–water partition coefficient (Wildman–Crippen LogP) is 2.75. The van der Waals surface area contributed by atoms with Gasteiger partial charge in [-0.1, -0.05) is 19.1 Å². The van der Waals surface area contributed by atoms with Gasteiger partial charge in [0.25, 0.3) is 0 Å². The Morgan fingerprint density at radius 2 is 1.95 bits per heavy atom. The minimum atomic E-state index is -0.161. The zero-order valence-electron chi connectivity index (χ0n) is 13.9. The summed E-state index contributed by atoms with van der Waals surface area (Å²) in [5.74, 6) is -0.161. The van der Waals surface area contributed by atoms with Crippen molar-refractivity contribution < 1.29 is 4.39 Å². The molecule has 1 aromatic carbocycles. The van der Waals surface area contributed by atoms with E-state index in [4.69, 9.17) is 0 Å². The van der Waals surface area contributed by atoms with Crippen molar-refractivity contribution in [3.63, 3.8) is 0 Å². The molecule has 0 aliphatic carbocycles. The molecule has 1 aromatic rings. The minimum absolute atomic E-state index is 0.161. The summed E-state index contributed by atoms with van der Waals surface area (Å²) < 4.78 is 13.3. The van der Waals surface area contributed by atoms with Crippen LogP contribution in [0.3, 0.4) is 0 Å². The Labute approximate surface area is 129 Å². The van der Waals surface area contributed by atoms with Crippen LogP contribution in [0.15, 0.2) is 24.3 Å². The molecule has 0 aromatic heterocycles. The topological polar surface area (TPSA) is 18.5 Å². The maximum Gasteiger partial charge on any atom is 0.123 e. The largest absolute Gasteiger partial charge is 0.313 e. The molecule has 0 bridgehead atoms. The van der Waals surface area contributed by atoms with Crippen LogP contribution in [-0.2, 0) is 0 Å². The third-order valence-corrected chi connectivity index (χ3v) is 3.86. The molecule has 120 valence electrons. The highest BCUT2D eigenvalue weighted by atomic mass is 19.1. The summed E-state index contributed by atoms with van der Waals surface area (Å²) in [4.78, 5) is 4.68. The van der Waals surface area contributed by atoms with Crippen LogP contribution >= 0.6 is 0 Å². The second-order valence-electron chi connectivity index (χ2n) is 5.78. The SMILES string of the molecule is CCN(CCCN(C)C)CCC(NC)c1cccc(F)c1. The summed E-state index contributed by atoms with van der Waals surface area (Å²) in [7, 11) is 6.16. The summed E-state index contributed by atoms with van der Waals surface area (Å²) >= 11 is 0. The minimum Gasteiger partial charge on any atom is -0.313 e. The van der Waals surface area contributed by atoms with Crippen LogP contribution in [-0.4, -0.2) is 57.1 Å². The number of benzene rings is 1. The number of hydrogen-bond donors (Lipinski definition) is 1. The van der Waals surface area contributed by atoms with E-state index in [1.807, 2.05) is 13.1 Å². The van der Waals surface area contributed by atoms with Gasteiger partial charge >= 0.3 is 0 Å². The summed E-state index contributed by atoms with van der Waals surface area (Å²) in [6.07, 6.45) is 2.18. The molecule has 1 rings (SSSR count). The summed E-state index contributed by atoms with van der Waals surface area (Å²) in [5, 5.41) is 3.30. The fourth-order valence-electron chi connectivity index (χ4n) is 2.55. The van der Waals surface area contributed by atoms with Gasteiger partial charge in [-0.2, -0.15) is 0 Å². The maximum absolute atomic E-state index is 13.3. The van der Waals surface area contributed by atoms with E-state index in [0.29, 0.717) is 0 Å². The lowest BCUT2D eigenvalue weighted by Gasteiger charge is -2.24. The molecule has 3 nitrogen and oxygen atoms in total. The van der Waals surface area contributed by atoms with E-state index >= 15 is 0 Å². The lowest BCUT2D eigenvalue weighted by molar-refractivity contribution is 0.253. The standard InChI is InChI=1S/C17H30FN3/c1-5-21(12-7-11-20(3)4)13-10-17(19-2)15-8-6-9-16(18)14-15/h6,8-9,14,17,19H,5,7,10-13H2,1-4H3. The molecule has 0 spiro atoms. The Morgan fingerprint density at radius 3 is 2.52 bits per heavy atom. The predicted molar refractivity (Wildman–Crippen MR) is 88.1 cm³/mol. The van der Waals surface area contributed by atoms with E-state index in [2.05, 4.69) is 36.1 Å². The third kappa shape index (κ3) is 7.02. The number of nitrogens with one attached hydrogen (secondary N) is 1. The van der Waals surface area contributed by atoms with E-state index in [0.717, 1.165) is 38.2 Å². The lowest BCUT2D eigenvalue weighted by atomic mass is 10.0. The number of nitrogens with zero attached hydrogens (tertiary/aromatic N) is 2. The van der Waals surface area contributed by atoms with Crippen LogP contribution in [0.4, 0.5) is 4.39 Å². The van der Waals surface area contributed by atoms with Gasteiger partial charge in [-0.3, -0.25) is 0 Å². The Kier molecular flexibility index (Phi) is 8.50. The van der Waals surface area contributed by atoms with Crippen molar-refractivity contribution in [2.75, 3.05) is 47.3 Å². The van der Waals surface area contributed by atoms with E-state index in [-0.39, 0.29) is 11.9 Å². The molecule has 4 heteroatoms. The normalized spacial score (nSPS) is 13.1. The number of halogens is 1. The van der Waals surface area contributed by atoms with Gasteiger partial charge in [-0.25, -0.2) is 4.39 Å². The molecule has 1 unspecified atom stereocenters. The molecule has 0 fully saturated rings. The summed E-state index contributed by atoms with van der Waals surface area (Å²) in [6.45, 7) is 6.54. The molecule has 0 heterocycles. The van der Waals surface area contributed by atoms with Gasteiger partial charge in [0.1, 0.15) is 5.82 Å². The van der Waals surface area contributed by atoms with Gasteiger partial charge in [-0.05, 0) is 77.9 Å². The summed E-state index contributed by atoms with van der Waals surface area (Å²) in [5.41, 5.74) is 1.03. The van der Waals surface area contributed by atoms with Crippen molar-refractivity contribution >= 4 is 0 Å². The fourth-order valence-corrected chi connectivity index (χ4v) is 2.55. The van der Waals surface area contributed by atoms with Crippen molar-refractivity contribution in [2.24, 2.45) is 0 Å². The van der Waals surface area contributed by atoms with Crippen LogP contribution in [0.2, 0.25) is 0 Å². The Balaban J connectivity index is 2.45. The molecule has 1 N–H and O–H groups in total. The monoisotopic (exact) mass is 295 g/mol. The van der Waals surface area contributed by atoms with Crippen molar-refractivity contribution in [1.29, 1.82) is 0 Å². The first kappa shape index (κ1) is 18.1. The second-order valence-corrected chi connectivity index (χ2v) is 5.78. The first-order valence-electron chi connectivity index (χ1n) is 7.86. The molecule has 21 heavy (non-hydrogen) atoms. The van der Waals surface area contributed by atoms with E-state index in [1.54, 1.807) is 12.1 Å². The molecule has 1 atom stereocenters. The molecule has 0 saturated carbocycles. The highest BCUT2D eigenvalue weighted by Crippen LogP contribution is 2.17. The molecule has 0 aliphatic heterocycles. The van der Waals surface area contributed by atoms with Gasteiger partial charge in [0.05, 0.1) is 0 Å². The number of rotatable bonds is 10. The van der Waals surface area contributed by atoms with Crippen LogP contribution in [0.25, 0.3) is 0 Å². The quantitative estimate of drug-likeness (QED) is 0.716. The van der Waals surface area contributed by atoms with Gasteiger partial charge in [0.15, 0.2) is 0 Å². The first-order valence-corrected chi connectivity index (χ1v) is 7.86. The summed E-state index contributed by atoms with van der Waals surface area (Å²) in [6, 6.07) is 7.11. The van der Waals surface area contributed by atoms with Crippen LogP contribution in [0, 0.1) is 5.82 Å². The van der Waals surface area contributed by atoms with Crippen molar-refractivity contribution in [3.8, 4) is 0 Å². The second kappa shape index (κ2) is 9.87. The van der Waals surface area contributed by atoms with E-state index in [1.165, 1.54) is 12.5 Å². The molecular formula is C17H30FN3. The first-order chi connectivity index (χ1) is 10.1. The highest BCUT2D eigenvalue weighted by molar-refractivity contribution is 5.20. The van der Waals surface area contributed by atoms with Crippen LogP contribution in [0.1, 0.15) is 31.4 Å². The van der Waals surface area contributed by atoms with Crippen molar-refractivity contribution in [3.05, 3.63) is 35.6 Å². The zero-order chi connectivity index (χ0) is 15.7. The molecular weight excluding hydrogens is 265 g/mol. The van der Waals surface area contributed by atoms with E-state index in [9.17, 15) is 4.39 Å². The molecule has 0 saturated heterocycles. The molecule has 0 radical (unpaired) electrons. The average Bonchev–Trinajstić information content (AvgIpc) is 2.45. The fraction of sp³-hybridized carbons (Fsp3) is 0.647. The molecule has 0 aliphatic rings. The smallest absolute Gasteiger partial charge is 0.123 e. The van der Waals surface area contributed by atoms with Crippen LogP contribution < -0.4 is 5.32 Å². The van der Waals surface area contributed by atoms with Gasteiger partial charge < -0.3 is 15.1 Å². The Morgan fingerprint density at radius 1 is 1.19 bits per heavy atom. The lowest BCUT2D eigenvalue weighted by Crippen LogP contribution is -2.30. The van der Waals surface area contributed by atoms with E-state index < -0.39 is 0 Å². The molecule has 0 amide bonds. The van der Waals surface area contributed by atoms with Crippen LogP contribution in [0.5, 0.6) is 0 Å². The van der Waals surface area contributed by atoms with Gasteiger partial charge in [0.2, 0.25) is 0 Å². The van der Waals surface area contributed by atoms with Crippen molar-refractivity contribution in [1.82, 2.24) is 15.1 Å². The average molecular weight is 295 g/mol. The Bertz CT molecular complexity index is 395. The zero-order valence-corrected chi connectivity index (χ0v) is 13.9. The maximum atomic E-state index is 13.3. The van der Waals surface area contributed by atoms with Gasteiger partial charge in [-0.15, -0.1) is 0 Å². The number of hydrogen-bond acceptors (Lipinski definition) is 3.